The summed E-state index contributed by atoms with van der Waals surface area (Å²) >= 11 is 0. The molecule has 0 aromatic heterocycles. The molecule has 0 radical (unpaired) electrons. The number of methoxy groups -OCH3 is 4. The highest BCUT2D eigenvalue weighted by Crippen LogP contribution is 2.35. The summed E-state index contributed by atoms with van der Waals surface area (Å²) in [7, 11) is 6.70. The zero-order chi connectivity index (χ0) is 25.1. The van der Waals surface area contributed by atoms with Crippen LogP contribution >= 0.6 is 0 Å². The third kappa shape index (κ3) is 7.82. The van der Waals surface area contributed by atoms with Crippen LogP contribution in [0.3, 0.4) is 0 Å². The Hall–Kier alpha value is -3.50. The van der Waals surface area contributed by atoms with Gasteiger partial charge in [-0.05, 0) is 23.8 Å². The fraction of sp³-hybridized carbons (Fsp3) is 0.417. The lowest BCUT2D eigenvalue weighted by Gasteiger charge is -2.35. The van der Waals surface area contributed by atoms with Crippen LogP contribution in [0.25, 0.3) is 0 Å². The minimum absolute atomic E-state index is 0.686. The molecule has 0 saturated carbocycles. The van der Waals surface area contributed by atoms with Crippen molar-refractivity contribution in [3.8, 4) is 23.0 Å². The quantitative estimate of drug-likeness (QED) is 0.549. The molecular weight excluding hydrogens is 444 g/mol. The predicted molar refractivity (Wildman–Crippen MR) is 125 cm³/mol. The van der Waals surface area contributed by atoms with Crippen molar-refractivity contribution in [2.24, 2.45) is 0 Å². The number of ether oxygens (including phenoxy) is 4. The van der Waals surface area contributed by atoms with E-state index in [2.05, 4.69) is 21.9 Å². The zero-order valence-corrected chi connectivity index (χ0v) is 19.9. The van der Waals surface area contributed by atoms with Crippen LogP contribution in [0.1, 0.15) is 11.1 Å². The standard InChI is InChI=1S/C22H30N2O4.C2H2O4/c1-25-19-7-5-6-17(12-19)15-23-8-10-24(11-9-23)16-18-13-21(27-3)22(28-4)14-20(18)26-2;3-1(4)2(5)6/h5-7,12-14H,8-11,15-16H2,1-4H3;(H,3,4)(H,5,6). The van der Waals surface area contributed by atoms with Crippen molar-refractivity contribution in [3.63, 3.8) is 0 Å². The number of benzene rings is 2. The van der Waals surface area contributed by atoms with E-state index < -0.39 is 11.9 Å². The maximum atomic E-state index is 9.10. The number of carboxylic acid groups (broad SMARTS) is 2. The van der Waals surface area contributed by atoms with Crippen molar-refractivity contribution in [2.75, 3.05) is 54.6 Å². The van der Waals surface area contributed by atoms with Crippen molar-refractivity contribution in [1.29, 1.82) is 0 Å². The van der Waals surface area contributed by atoms with E-state index in [1.807, 2.05) is 24.3 Å². The van der Waals surface area contributed by atoms with E-state index in [0.29, 0.717) is 5.75 Å². The van der Waals surface area contributed by atoms with Crippen molar-refractivity contribution in [1.82, 2.24) is 9.80 Å². The molecule has 0 unspecified atom stereocenters. The lowest BCUT2D eigenvalue weighted by molar-refractivity contribution is -0.159. The van der Waals surface area contributed by atoms with E-state index in [1.165, 1.54) is 5.56 Å². The molecule has 10 heteroatoms. The van der Waals surface area contributed by atoms with Crippen molar-refractivity contribution in [2.45, 2.75) is 13.1 Å². The summed E-state index contributed by atoms with van der Waals surface area (Å²) in [5.74, 6) is -0.487. The van der Waals surface area contributed by atoms with Crippen LogP contribution in [0.4, 0.5) is 0 Å². The first-order chi connectivity index (χ1) is 16.3. The molecule has 0 bridgehead atoms. The summed E-state index contributed by atoms with van der Waals surface area (Å²) < 4.78 is 21.7. The first-order valence-electron chi connectivity index (χ1n) is 10.6. The SMILES string of the molecule is COc1cccc(CN2CCN(Cc3cc(OC)c(OC)cc3OC)CC2)c1.O=C(O)C(=O)O. The highest BCUT2D eigenvalue weighted by molar-refractivity contribution is 6.27. The molecule has 0 atom stereocenters. The van der Waals surface area contributed by atoms with Gasteiger partial charge in [-0.2, -0.15) is 0 Å². The molecule has 1 aliphatic rings. The Bertz CT molecular complexity index is 946. The van der Waals surface area contributed by atoms with Crippen LogP contribution in [-0.2, 0) is 22.7 Å². The number of rotatable bonds is 8. The van der Waals surface area contributed by atoms with Crippen molar-refractivity contribution >= 4 is 11.9 Å². The average molecular weight is 477 g/mol. The molecule has 1 fully saturated rings. The van der Waals surface area contributed by atoms with Gasteiger partial charge in [0.15, 0.2) is 11.5 Å². The third-order valence-corrected chi connectivity index (χ3v) is 5.37. The number of hydrogen-bond donors (Lipinski definition) is 2. The summed E-state index contributed by atoms with van der Waals surface area (Å²) in [6, 6.07) is 12.2. The first kappa shape index (κ1) is 26.7. The molecular formula is C24H32N2O8. The molecule has 2 aromatic rings. The predicted octanol–water partition coefficient (Wildman–Crippen LogP) is 2.19. The highest BCUT2D eigenvalue weighted by Gasteiger charge is 2.20. The fourth-order valence-corrected chi connectivity index (χ4v) is 3.59. The summed E-state index contributed by atoms with van der Waals surface area (Å²) in [4.78, 5) is 23.1. The zero-order valence-electron chi connectivity index (χ0n) is 19.9. The Kier molecular flexibility index (Phi) is 10.4. The second-order valence-corrected chi connectivity index (χ2v) is 7.53. The van der Waals surface area contributed by atoms with Gasteiger partial charge >= 0.3 is 11.9 Å². The largest absolute Gasteiger partial charge is 0.497 e. The molecule has 3 rings (SSSR count). The number of nitrogens with zero attached hydrogens (tertiary/aromatic N) is 2. The van der Waals surface area contributed by atoms with E-state index in [0.717, 1.165) is 62.1 Å². The van der Waals surface area contributed by atoms with Crippen LogP contribution in [0.2, 0.25) is 0 Å². The van der Waals surface area contributed by atoms with Gasteiger partial charge in [0, 0.05) is 50.9 Å². The van der Waals surface area contributed by atoms with Gasteiger partial charge in [-0.15, -0.1) is 0 Å². The topological polar surface area (TPSA) is 118 Å². The minimum Gasteiger partial charge on any atom is -0.497 e. The molecule has 2 aromatic carbocycles. The maximum Gasteiger partial charge on any atom is 0.414 e. The van der Waals surface area contributed by atoms with E-state index in [9.17, 15) is 0 Å². The smallest absolute Gasteiger partial charge is 0.414 e. The second kappa shape index (κ2) is 13.3. The van der Waals surface area contributed by atoms with Gasteiger partial charge in [0.25, 0.3) is 0 Å². The van der Waals surface area contributed by atoms with Crippen molar-refractivity contribution in [3.05, 3.63) is 47.5 Å². The number of piperazine rings is 1. The number of carboxylic acids is 2. The third-order valence-electron chi connectivity index (χ3n) is 5.37. The number of carbonyl (C=O) groups is 2. The second-order valence-electron chi connectivity index (χ2n) is 7.53. The van der Waals surface area contributed by atoms with Crippen LogP contribution in [0.15, 0.2) is 36.4 Å². The average Bonchev–Trinajstić information content (AvgIpc) is 2.85. The minimum atomic E-state index is -1.82. The fourth-order valence-electron chi connectivity index (χ4n) is 3.59. The molecule has 0 aliphatic carbocycles. The van der Waals surface area contributed by atoms with Gasteiger partial charge in [0.05, 0.1) is 28.4 Å². The Morgan fingerprint density at radius 1 is 0.735 bits per heavy atom. The van der Waals surface area contributed by atoms with Gasteiger partial charge in [-0.3, -0.25) is 9.80 Å². The summed E-state index contributed by atoms with van der Waals surface area (Å²) in [5.41, 5.74) is 2.40. The molecule has 1 aliphatic heterocycles. The van der Waals surface area contributed by atoms with Gasteiger partial charge in [0.1, 0.15) is 11.5 Å². The molecule has 1 heterocycles. The summed E-state index contributed by atoms with van der Waals surface area (Å²) in [6.07, 6.45) is 0. The summed E-state index contributed by atoms with van der Waals surface area (Å²) in [6.45, 7) is 5.88. The van der Waals surface area contributed by atoms with Gasteiger partial charge in [0.2, 0.25) is 0 Å². The molecule has 2 N–H and O–H groups in total. The lowest BCUT2D eigenvalue weighted by atomic mass is 10.1. The highest BCUT2D eigenvalue weighted by atomic mass is 16.5. The molecule has 0 amide bonds. The Balaban J connectivity index is 0.000000604. The Morgan fingerprint density at radius 2 is 1.26 bits per heavy atom. The van der Waals surface area contributed by atoms with Gasteiger partial charge < -0.3 is 29.2 Å². The Morgan fingerprint density at radius 3 is 1.76 bits per heavy atom. The summed E-state index contributed by atoms with van der Waals surface area (Å²) in [5, 5.41) is 14.8. The lowest BCUT2D eigenvalue weighted by Crippen LogP contribution is -2.45. The molecule has 0 spiro atoms. The van der Waals surface area contributed by atoms with E-state index in [-0.39, 0.29) is 0 Å². The first-order valence-corrected chi connectivity index (χ1v) is 10.6. The van der Waals surface area contributed by atoms with Gasteiger partial charge in [-0.25, -0.2) is 9.59 Å². The van der Waals surface area contributed by atoms with Gasteiger partial charge in [-0.1, -0.05) is 12.1 Å². The van der Waals surface area contributed by atoms with E-state index >= 15 is 0 Å². The normalized spacial score (nSPS) is 13.9. The molecule has 34 heavy (non-hydrogen) atoms. The van der Waals surface area contributed by atoms with Crippen LogP contribution in [0, 0.1) is 0 Å². The molecule has 1 saturated heterocycles. The van der Waals surface area contributed by atoms with Crippen LogP contribution in [0.5, 0.6) is 23.0 Å². The monoisotopic (exact) mass is 476 g/mol. The number of aliphatic carboxylic acids is 2. The van der Waals surface area contributed by atoms with Crippen LogP contribution in [-0.4, -0.2) is 86.6 Å². The molecule has 10 nitrogen and oxygen atoms in total. The van der Waals surface area contributed by atoms with Crippen LogP contribution < -0.4 is 18.9 Å². The number of hydrogen-bond acceptors (Lipinski definition) is 8. The van der Waals surface area contributed by atoms with Crippen molar-refractivity contribution < 1.29 is 38.7 Å². The maximum absolute atomic E-state index is 9.10. The van der Waals surface area contributed by atoms with E-state index in [1.54, 1.807) is 28.4 Å². The van der Waals surface area contributed by atoms with E-state index in [4.69, 9.17) is 38.7 Å². The molecule has 186 valence electrons. The Labute approximate surface area is 199 Å².